The van der Waals surface area contributed by atoms with Crippen molar-refractivity contribution in [2.24, 2.45) is 0 Å². The third kappa shape index (κ3) is 4.65. The highest BCUT2D eigenvalue weighted by molar-refractivity contribution is 7.16. The summed E-state index contributed by atoms with van der Waals surface area (Å²) in [7, 11) is 0. The number of aromatic nitrogens is 3. The van der Waals surface area contributed by atoms with Crippen molar-refractivity contribution in [3.63, 3.8) is 0 Å². The Hall–Kier alpha value is -2.97. The summed E-state index contributed by atoms with van der Waals surface area (Å²) in [6.45, 7) is 7.03. The lowest BCUT2D eigenvalue weighted by Gasteiger charge is -2.14. The lowest BCUT2D eigenvalue weighted by molar-refractivity contribution is 0.112. The number of likely N-dealkylation sites (tertiary alicyclic amines) is 1. The number of aldehydes is 1. The van der Waals surface area contributed by atoms with Crippen molar-refractivity contribution in [2.75, 3.05) is 25.0 Å². The van der Waals surface area contributed by atoms with Gasteiger partial charge in [0.05, 0.1) is 11.1 Å². The largest absolute Gasteiger partial charge is 0.309 e. The fraction of sp³-hybridized carbons (Fsp3) is 0.385. The predicted molar refractivity (Wildman–Crippen MR) is 134 cm³/mol. The van der Waals surface area contributed by atoms with Crippen LogP contribution in [0.3, 0.4) is 0 Å². The second kappa shape index (κ2) is 9.72. The third-order valence-electron chi connectivity index (χ3n) is 6.62. The lowest BCUT2D eigenvalue weighted by atomic mass is 10.0. The number of carbonyl (C=O) groups excluding carboxylic acids is 1. The van der Waals surface area contributed by atoms with Crippen LogP contribution in [0.25, 0.3) is 10.6 Å². The van der Waals surface area contributed by atoms with Crippen molar-refractivity contribution >= 4 is 29.4 Å². The summed E-state index contributed by atoms with van der Waals surface area (Å²) in [5.74, 6) is 1.29. The zero-order chi connectivity index (χ0) is 23.7. The molecule has 4 heterocycles. The number of anilines is 2. The Balaban J connectivity index is 1.33. The molecule has 1 N–H and O–H groups in total. The van der Waals surface area contributed by atoms with Gasteiger partial charge in [0.1, 0.15) is 11.5 Å². The average molecular weight is 478 g/mol. The summed E-state index contributed by atoms with van der Waals surface area (Å²) < 4.78 is 14.7. The summed E-state index contributed by atoms with van der Waals surface area (Å²) in [5, 5.41) is 3.10. The molecule has 1 saturated heterocycles. The predicted octanol–water partition coefficient (Wildman–Crippen LogP) is 5.85. The highest BCUT2D eigenvalue weighted by atomic mass is 32.1. The van der Waals surface area contributed by atoms with Gasteiger partial charge in [-0.3, -0.25) is 9.69 Å². The first-order chi connectivity index (χ1) is 16.6. The molecule has 1 aliphatic carbocycles. The maximum Gasteiger partial charge on any atom is 0.229 e. The Morgan fingerprint density at radius 1 is 1.21 bits per heavy atom. The molecule has 0 spiro atoms. The average Bonchev–Trinajstić information content (AvgIpc) is 3.49. The van der Waals surface area contributed by atoms with Crippen LogP contribution in [0.4, 0.5) is 16.2 Å². The van der Waals surface area contributed by atoms with E-state index in [1.165, 1.54) is 23.1 Å². The van der Waals surface area contributed by atoms with Crippen LogP contribution in [0.15, 0.2) is 36.7 Å². The molecule has 0 amide bonds. The van der Waals surface area contributed by atoms with Crippen LogP contribution >= 0.6 is 11.3 Å². The number of thiophene rings is 1. The fourth-order valence-electron chi connectivity index (χ4n) is 4.52. The first-order valence-electron chi connectivity index (χ1n) is 11.7. The molecule has 6 nitrogen and oxygen atoms in total. The minimum absolute atomic E-state index is 0.221. The molecule has 2 fully saturated rings. The second-order valence-electron chi connectivity index (χ2n) is 9.03. The van der Waals surface area contributed by atoms with E-state index in [1.54, 1.807) is 0 Å². The van der Waals surface area contributed by atoms with E-state index in [1.807, 2.05) is 26.1 Å². The standard InChI is InChI=1S/C26H28FN5OS/c1-3-4-10-32-11-9-19(14-32)18-7-8-22(28-12-18)30-26-29-13-21(27)23(31-26)24-16(2)20(15-33)25(34-24)17-5-6-17/h3-4,7-8,12-13,15,17,19H,5-6,9-11,14H2,1-2H3,(H,28,29,30,31)/b4-3+. The number of hydrogen-bond acceptors (Lipinski definition) is 7. The lowest BCUT2D eigenvalue weighted by Crippen LogP contribution is -2.20. The number of allylic oxidation sites excluding steroid dienone is 1. The minimum Gasteiger partial charge on any atom is -0.309 e. The van der Waals surface area contributed by atoms with Gasteiger partial charge in [0.25, 0.3) is 0 Å². The maximum absolute atomic E-state index is 14.7. The summed E-state index contributed by atoms with van der Waals surface area (Å²) in [6.07, 6.45) is 11.5. The molecule has 0 bridgehead atoms. The van der Waals surface area contributed by atoms with Gasteiger partial charge in [-0.25, -0.2) is 19.3 Å². The van der Waals surface area contributed by atoms with Crippen LogP contribution in [0.2, 0.25) is 0 Å². The van der Waals surface area contributed by atoms with Crippen LogP contribution in [0.5, 0.6) is 0 Å². The maximum atomic E-state index is 14.7. The third-order valence-corrected chi connectivity index (χ3v) is 8.09. The zero-order valence-corrected chi connectivity index (χ0v) is 20.2. The molecule has 1 saturated carbocycles. The Labute approximate surface area is 203 Å². The highest BCUT2D eigenvalue weighted by Crippen LogP contribution is 2.48. The molecular weight excluding hydrogens is 449 g/mol. The van der Waals surface area contributed by atoms with E-state index in [4.69, 9.17) is 0 Å². The van der Waals surface area contributed by atoms with Gasteiger partial charge in [-0.1, -0.05) is 18.2 Å². The van der Waals surface area contributed by atoms with Gasteiger partial charge in [-0.05, 0) is 68.7 Å². The van der Waals surface area contributed by atoms with Crippen molar-refractivity contribution in [3.05, 3.63) is 64.1 Å². The quantitative estimate of drug-likeness (QED) is 0.324. The summed E-state index contributed by atoms with van der Waals surface area (Å²) in [4.78, 5) is 29.0. The smallest absolute Gasteiger partial charge is 0.229 e. The van der Waals surface area contributed by atoms with Crippen LogP contribution < -0.4 is 5.32 Å². The van der Waals surface area contributed by atoms with E-state index in [0.717, 1.165) is 55.6 Å². The highest BCUT2D eigenvalue weighted by Gasteiger charge is 2.31. The molecule has 2 aliphatic rings. The number of carbonyl (C=O) groups is 1. The minimum atomic E-state index is -0.498. The van der Waals surface area contributed by atoms with E-state index in [2.05, 4.69) is 43.4 Å². The summed E-state index contributed by atoms with van der Waals surface area (Å²) >= 11 is 1.47. The first kappa shape index (κ1) is 22.8. The molecule has 3 aromatic rings. The molecule has 1 aliphatic heterocycles. The van der Waals surface area contributed by atoms with E-state index in [0.29, 0.717) is 28.1 Å². The Kier molecular flexibility index (Phi) is 6.52. The van der Waals surface area contributed by atoms with E-state index < -0.39 is 5.82 Å². The molecule has 176 valence electrons. The molecule has 0 radical (unpaired) electrons. The van der Waals surface area contributed by atoms with Crippen molar-refractivity contribution in [3.8, 4) is 10.6 Å². The van der Waals surface area contributed by atoms with Crippen LogP contribution in [0.1, 0.15) is 64.4 Å². The number of pyridine rings is 1. The van der Waals surface area contributed by atoms with E-state index in [9.17, 15) is 9.18 Å². The Morgan fingerprint density at radius 3 is 2.76 bits per heavy atom. The van der Waals surface area contributed by atoms with Crippen LogP contribution in [0, 0.1) is 12.7 Å². The van der Waals surface area contributed by atoms with E-state index >= 15 is 0 Å². The summed E-state index contributed by atoms with van der Waals surface area (Å²) in [6, 6.07) is 4.01. The second-order valence-corrected chi connectivity index (χ2v) is 10.1. The fourth-order valence-corrected chi connectivity index (χ4v) is 5.95. The number of hydrogen-bond donors (Lipinski definition) is 1. The van der Waals surface area contributed by atoms with Crippen molar-refractivity contribution in [1.29, 1.82) is 0 Å². The van der Waals surface area contributed by atoms with Crippen molar-refractivity contribution in [2.45, 2.75) is 44.9 Å². The number of nitrogens with zero attached hydrogens (tertiary/aromatic N) is 4. The molecule has 5 rings (SSSR count). The molecule has 8 heteroatoms. The van der Waals surface area contributed by atoms with Gasteiger partial charge >= 0.3 is 0 Å². The molecule has 0 aromatic carbocycles. The number of nitrogens with one attached hydrogen (secondary N) is 1. The van der Waals surface area contributed by atoms with Gasteiger partial charge in [0.2, 0.25) is 5.95 Å². The van der Waals surface area contributed by atoms with Gasteiger partial charge < -0.3 is 5.32 Å². The Morgan fingerprint density at radius 2 is 2.06 bits per heavy atom. The summed E-state index contributed by atoms with van der Waals surface area (Å²) in [5.41, 5.74) is 2.91. The molecular formula is C26H28FN5OS. The SMILES string of the molecule is C/C=C/CN1CCC(c2ccc(Nc3ncc(F)c(-c4sc(C5CC5)c(C=O)c4C)n3)nc2)C1. The van der Waals surface area contributed by atoms with Crippen LogP contribution in [-0.4, -0.2) is 45.8 Å². The molecule has 34 heavy (non-hydrogen) atoms. The normalized spacial score (nSPS) is 18.6. The zero-order valence-electron chi connectivity index (χ0n) is 19.4. The van der Waals surface area contributed by atoms with Gasteiger partial charge in [0.15, 0.2) is 12.1 Å². The molecule has 3 aromatic heterocycles. The Bertz CT molecular complexity index is 1220. The number of halogens is 1. The molecule has 1 unspecified atom stereocenters. The van der Waals surface area contributed by atoms with Gasteiger partial charge in [-0.15, -0.1) is 11.3 Å². The van der Waals surface area contributed by atoms with Crippen LogP contribution in [-0.2, 0) is 0 Å². The van der Waals surface area contributed by atoms with E-state index in [-0.39, 0.29) is 11.6 Å². The molecule has 1 atom stereocenters. The van der Waals surface area contributed by atoms with Crippen molar-refractivity contribution in [1.82, 2.24) is 19.9 Å². The topological polar surface area (TPSA) is 71.0 Å². The van der Waals surface area contributed by atoms with Gasteiger partial charge in [0, 0.05) is 29.7 Å². The number of rotatable bonds is 8. The first-order valence-corrected chi connectivity index (χ1v) is 12.6. The van der Waals surface area contributed by atoms with Crippen molar-refractivity contribution < 1.29 is 9.18 Å². The monoisotopic (exact) mass is 477 g/mol. The van der Waals surface area contributed by atoms with Gasteiger partial charge in [-0.2, -0.15) is 0 Å².